The van der Waals surface area contributed by atoms with Crippen LogP contribution in [0.25, 0.3) is 0 Å². The first-order valence-corrected chi connectivity index (χ1v) is 8.21. The Balaban J connectivity index is 2.25. The standard InChI is InChI=1S/C14H22N2O2S/c1-15-11-12-6-5-9-14(10-12)19(17,18)16(2)13-7-3-4-8-13/h5-6,9-10,13,15H,3-4,7-8,11H2,1-2H3. The summed E-state index contributed by atoms with van der Waals surface area (Å²) in [6, 6.07) is 7.35. The van der Waals surface area contributed by atoms with Crippen molar-refractivity contribution in [3.63, 3.8) is 0 Å². The van der Waals surface area contributed by atoms with Gasteiger partial charge in [-0.15, -0.1) is 0 Å². The summed E-state index contributed by atoms with van der Waals surface area (Å²) in [6.07, 6.45) is 4.21. The van der Waals surface area contributed by atoms with Crippen LogP contribution >= 0.6 is 0 Å². The Kier molecular flexibility index (Phi) is 4.60. The highest BCUT2D eigenvalue weighted by atomic mass is 32.2. The summed E-state index contributed by atoms with van der Waals surface area (Å²) in [6.45, 7) is 0.677. The molecule has 1 fully saturated rings. The molecule has 0 atom stereocenters. The van der Waals surface area contributed by atoms with Crippen LogP contribution in [0.15, 0.2) is 29.2 Å². The molecule has 5 heteroatoms. The molecular formula is C14H22N2O2S. The molecule has 0 saturated heterocycles. The van der Waals surface area contributed by atoms with Gasteiger partial charge in [-0.2, -0.15) is 4.31 Å². The second-order valence-electron chi connectivity index (χ2n) is 5.14. The Morgan fingerprint density at radius 2 is 2.00 bits per heavy atom. The molecule has 1 aliphatic carbocycles. The van der Waals surface area contributed by atoms with Gasteiger partial charge in [-0.05, 0) is 37.6 Å². The largest absolute Gasteiger partial charge is 0.316 e. The maximum Gasteiger partial charge on any atom is 0.243 e. The van der Waals surface area contributed by atoms with Gasteiger partial charge in [-0.3, -0.25) is 0 Å². The lowest BCUT2D eigenvalue weighted by Gasteiger charge is -2.23. The molecule has 1 aliphatic rings. The number of hydrogen-bond donors (Lipinski definition) is 1. The van der Waals surface area contributed by atoms with Gasteiger partial charge < -0.3 is 5.32 Å². The lowest BCUT2D eigenvalue weighted by Crippen LogP contribution is -2.35. The minimum Gasteiger partial charge on any atom is -0.316 e. The second-order valence-corrected chi connectivity index (χ2v) is 7.13. The fourth-order valence-electron chi connectivity index (χ4n) is 2.65. The zero-order valence-electron chi connectivity index (χ0n) is 11.6. The first-order valence-electron chi connectivity index (χ1n) is 6.77. The van der Waals surface area contributed by atoms with Crippen molar-refractivity contribution in [2.24, 2.45) is 0 Å². The fraction of sp³-hybridized carbons (Fsp3) is 0.571. The summed E-state index contributed by atoms with van der Waals surface area (Å²) < 4.78 is 26.7. The molecule has 1 aromatic rings. The molecular weight excluding hydrogens is 260 g/mol. The van der Waals surface area contributed by atoms with Crippen molar-refractivity contribution >= 4 is 10.0 Å². The van der Waals surface area contributed by atoms with Gasteiger partial charge >= 0.3 is 0 Å². The lowest BCUT2D eigenvalue weighted by molar-refractivity contribution is 0.373. The predicted molar refractivity (Wildman–Crippen MR) is 76.4 cm³/mol. The number of sulfonamides is 1. The van der Waals surface area contributed by atoms with Gasteiger partial charge in [0.25, 0.3) is 0 Å². The minimum atomic E-state index is -3.36. The molecule has 19 heavy (non-hydrogen) atoms. The maximum absolute atomic E-state index is 12.6. The Morgan fingerprint density at radius 1 is 1.32 bits per heavy atom. The highest BCUT2D eigenvalue weighted by Gasteiger charge is 2.29. The first-order chi connectivity index (χ1) is 9.05. The third-order valence-corrected chi connectivity index (χ3v) is 5.70. The van der Waals surface area contributed by atoms with E-state index >= 15 is 0 Å². The number of nitrogens with one attached hydrogen (secondary N) is 1. The monoisotopic (exact) mass is 282 g/mol. The fourth-order valence-corrected chi connectivity index (χ4v) is 4.14. The van der Waals surface area contributed by atoms with Crippen molar-refractivity contribution in [1.29, 1.82) is 0 Å². The number of nitrogens with zero attached hydrogens (tertiary/aromatic N) is 1. The van der Waals surface area contributed by atoms with E-state index in [4.69, 9.17) is 0 Å². The predicted octanol–water partition coefficient (Wildman–Crippen LogP) is 1.97. The number of benzene rings is 1. The topological polar surface area (TPSA) is 49.4 Å². The van der Waals surface area contributed by atoms with E-state index in [2.05, 4.69) is 5.32 Å². The van der Waals surface area contributed by atoms with Gasteiger partial charge in [0.2, 0.25) is 10.0 Å². The minimum absolute atomic E-state index is 0.165. The van der Waals surface area contributed by atoms with Crippen molar-refractivity contribution in [3.8, 4) is 0 Å². The van der Waals surface area contributed by atoms with Crippen molar-refractivity contribution < 1.29 is 8.42 Å². The van der Waals surface area contributed by atoms with E-state index in [1.54, 1.807) is 23.5 Å². The van der Waals surface area contributed by atoms with E-state index < -0.39 is 10.0 Å². The van der Waals surface area contributed by atoms with Crippen LogP contribution in [0.2, 0.25) is 0 Å². The molecule has 0 amide bonds. The van der Waals surface area contributed by atoms with E-state index in [0.29, 0.717) is 11.4 Å². The van der Waals surface area contributed by atoms with Gasteiger partial charge in [-0.1, -0.05) is 25.0 Å². The van der Waals surface area contributed by atoms with Crippen LogP contribution in [0.5, 0.6) is 0 Å². The number of hydrogen-bond acceptors (Lipinski definition) is 3. The van der Waals surface area contributed by atoms with Gasteiger partial charge in [-0.25, -0.2) is 8.42 Å². The summed E-state index contributed by atoms with van der Waals surface area (Å²) in [5, 5.41) is 3.04. The average molecular weight is 282 g/mol. The van der Waals surface area contributed by atoms with E-state index in [-0.39, 0.29) is 6.04 Å². The van der Waals surface area contributed by atoms with Crippen molar-refractivity contribution in [2.75, 3.05) is 14.1 Å². The molecule has 0 heterocycles. The Hall–Kier alpha value is -0.910. The molecule has 0 aromatic heterocycles. The van der Waals surface area contributed by atoms with Crippen LogP contribution in [0.4, 0.5) is 0 Å². The Morgan fingerprint density at radius 3 is 2.63 bits per heavy atom. The Labute approximate surface area is 115 Å². The van der Waals surface area contributed by atoms with Gasteiger partial charge in [0.1, 0.15) is 0 Å². The van der Waals surface area contributed by atoms with Crippen LogP contribution in [0, 0.1) is 0 Å². The molecule has 0 radical (unpaired) electrons. The highest BCUT2D eigenvalue weighted by molar-refractivity contribution is 7.89. The van der Waals surface area contributed by atoms with Crippen LogP contribution < -0.4 is 5.32 Å². The van der Waals surface area contributed by atoms with Gasteiger partial charge in [0.05, 0.1) is 4.90 Å². The van der Waals surface area contributed by atoms with Crippen LogP contribution in [-0.4, -0.2) is 32.9 Å². The van der Waals surface area contributed by atoms with Crippen LogP contribution in [-0.2, 0) is 16.6 Å². The summed E-state index contributed by atoms with van der Waals surface area (Å²) >= 11 is 0. The highest BCUT2D eigenvalue weighted by Crippen LogP contribution is 2.27. The van der Waals surface area contributed by atoms with Gasteiger partial charge in [0.15, 0.2) is 0 Å². The molecule has 0 bridgehead atoms. The summed E-state index contributed by atoms with van der Waals surface area (Å²) in [5.74, 6) is 0. The summed E-state index contributed by atoms with van der Waals surface area (Å²) in [7, 11) is 0.200. The van der Waals surface area contributed by atoms with Crippen LogP contribution in [0.1, 0.15) is 31.2 Å². The molecule has 1 saturated carbocycles. The normalized spacial score (nSPS) is 17.2. The molecule has 0 aliphatic heterocycles. The SMILES string of the molecule is CNCc1cccc(S(=O)(=O)N(C)C2CCCC2)c1. The van der Waals surface area contributed by atoms with Crippen molar-refractivity contribution in [2.45, 2.75) is 43.2 Å². The molecule has 4 nitrogen and oxygen atoms in total. The molecule has 1 N–H and O–H groups in total. The third kappa shape index (κ3) is 3.16. The summed E-state index contributed by atoms with van der Waals surface area (Å²) in [5.41, 5.74) is 0.989. The molecule has 2 rings (SSSR count). The lowest BCUT2D eigenvalue weighted by atomic mass is 10.2. The smallest absolute Gasteiger partial charge is 0.243 e. The van der Waals surface area contributed by atoms with E-state index in [1.165, 1.54) is 0 Å². The van der Waals surface area contributed by atoms with Crippen molar-refractivity contribution in [1.82, 2.24) is 9.62 Å². The quantitative estimate of drug-likeness (QED) is 0.898. The molecule has 0 unspecified atom stereocenters. The average Bonchev–Trinajstić information content (AvgIpc) is 2.92. The summed E-state index contributed by atoms with van der Waals surface area (Å²) in [4.78, 5) is 0.398. The maximum atomic E-state index is 12.6. The first kappa shape index (κ1) is 14.5. The van der Waals surface area contributed by atoms with E-state index in [0.717, 1.165) is 31.2 Å². The zero-order chi connectivity index (χ0) is 13.9. The van der Waals surface area contributed by atoms with E-state index in [9.17, 15) is 8.42 Å². The zero-order valence-corrected chi connectivity index (χ0v) is 12.4. The van der Waals surface area contributed by atoms with Crippen LogP contribution in [0.3, 0.4) is 0 Å². The third-order valence-electron chi connectivity index (χ3n) is 3.80. The number of rotatable bonds is 5. The molecule has 0 spiro atoms. The van der Waals surface area contributed by atoms with Gasteiger partial charge in [0, 0.05) is 19.6 Å². The van der Waals surface area contributed by atoms with E-state index in [1.807, 2.05) is 19.2 Å². The molecule has 106 valence electrons. The van der Waals surface area contributed by atoms with Crippen molar-refractivity contribution in [3.05, 3.63) is 29.8 Å². The Bertz CT molecular complexity index is 522. The second kappa shape index (κ2) is 6.03. The molecule has 1 aromatic carbocycles.